The van der Waals surface area contributed by atoms with E-state index in [1.165, 1.54) is 0 Å². The second kappa shape index (κ2) is 10.9. The average molecular weight is 477 g/mol. The molecule has 0 radical (unpaired) electrons. The zero-order valence-electron chi connectivity index (χ0n) is 19.0. The fraction of sp³-hybridized carbons (Fsp3) is 0.286. The smallest absolute Gasteiger partial charge is 0.232 e. The van der Waals surface area contributed by atoms with Crippen LogP contribution in [0.15, 0.2) is 84.9 Å². The zero-order chi connectivity index (χ0) is 24.0. The number of benzene rings is 3. The molecular weight excluding hydrogens is 448 g/mol. The summed E-state index contributed by atoms with van der Waals surface area (Å²) in [6, 6.07) is 26.5. The van der Waals surface area contributed by atoms with Crippen molar-refractivity contribution in [3.05, 3.63) is 107 Å². The van der Waals surface area contributed by atoms with E-state index in [9.17, 15) is 14.7 Å². The summed E-state index contributed by atoms with van der Waals surface area (Å²) in [4.78, 5) is 27.6. The Hall–Kier alpha value is -3.15. The molecule has 0 saturated carbocycles. The lowest BCUT2D eigenvalue weighted by atomic mass is 9.84. The number of amides is 2. The number of hydrogen-bond acceptors (Lipinski definition) is 3. The molecular formula is C28H29ClN2O3. The van der Waals surface area contributed by atoms with E-state index in [2.05, 4.69) is 5.32 Å². The molecule has 0 spiro atoms. The van der Waals surface area contributed by atoms with Gasteiger partial charge in [0.25, 0.3) is 0 Å². The highest BCUT2D eigenvalue weighted by Crippen LogP contribution is 2.33. The fourth-order valence-corrected chi connectivity index (χ4v) is 4.64. The van der Waals surface area contributed by atoms with Crippen LogP contribution >= 0.6 is 11.6 Å². The lowest BCUT2D eigenvalue weighted by molar-refractivity contribution is -0.135. The molecule has 1 heterocycles. The van der Waals surface area contributed by atoms with E-state index in [1.54, 1.807) is 17.0 Å². The molecule has 176 valence electrons. The maximum absolute atomic E-state index is 13.1. The molecule has 6 heteroatoms. The molecule has 2 N–H and O–H groups in total. The molecule has 34 heavy (non-hydrogen) atoms. The maximum Gasteiger partial charge on any atom is 0.232 e. The number of nitrogens with zero attached hydrogens (tertiary/aromatic N) is 1. The molecule has 0 bridgehead atoms. The number of piperidine rings is 1. The van der Waals surface area contributed by atoms with Gasteiger partial charge in [-0.05, 0) is 41.7 Å². The van der Waals surface area contributed by atoms with Gasteiger partial charge in [-0.1, -0.05) is 84.4 Å². The summed E-state index contributed by atoms with van der Waals surface area (Å²) < 4.78 is 0. The Morgan fingerprint density at radius 1 is 0.882 bits per heavy atom. The quantitative estimate of drug-likeness (QED) is 0.528. The number of carbonyl (C=O) groups is 2. The van der Waals surface area contributed by atoms with Crippen molar-refractivity contribution in [2.75, 3.05) is 19.6 Å². The monoisotopic (exact) mass is 476 g/mol. The van der Waals surface area contributed by atoms with Crippen LogP contribution < -0.4 is 5.32 Å². The topological polar surface area (TPSA) is 69.6 Å². The lowest BCUT2D eigenvalue weighted by Crippen LogP contribution is -2.46. The molecule has 5 nitrogen and oxygen atoms in total. The minimum Gasteiger partial charge on any atom is -0.385 e. The predicted octanol–water partition coefficient (Wildman–Crippen LogP) is 4.49. The molecule has 0 aromatic heterocycles. The van der Waals surface area contributed by atoms with Gasteiger partial charge in [-0.15, -0.1) is 0 Å². The number of carbonyl (C=O) groups excluding carboxylic acids is 2. The van der Waals surface area contributed by atoms with E-state index in [4.69, 9.17) is 11.6 Å². The van der Waals surface area contributed by atoms with Crippen LogP contribution in [0.25, 0.3) is 0 Å². The Morgan fingerprint density at radius 2 is 1.41 bits per heavy atom. The van der Waals surface area contributed by atoms with Crippen molar-refractivity contribution in [3.63, 3.8) is 0 Å². The largest absolute Gasteiger partial charge is 0.385 e. The van der Waals surface area contributed by atoms with Gasteiger partial charge in [-0.25, -0.2) is 0 Å². The molecule has 1 aliphatic heterocycles. The Kier molecular flexibility index (Phi) is 7.66. The first-order valence-corrected chi connectivity index (χ1v) is 12.0. The third-order valence-electron chi connectivity index (χ3n) is 6.49. The van der Waals surface area contributed by atoms with Gasteiger partial charge in [0.2, 0.25) is 11.8 Å². The summed E-state index contributed by atoms with van der Waals surface area (Å²) in [6.45, 7) is 1.22. The molecule has 1 saturated heterocycles. The van der Waals surface area contributed by atoms with Crippen LogP contribution in [0.2, 0.25) is 5.02 Å². The Labute approximate surface area is 205 Å². The zero-order valence-corrected chi connectivity index (χ0v) is 19.7. The minimum absolute atomic E-state index is 0.0190. The summed E-state index contributed by atoms with van der Waals surface area (Å²) in [6.07, 6.45) is 1.16. The first-order chi connectivity index (χ1) is 16.5. The van der Waals surface area contributed by atoms with Crippen LogP contribution in [-0.4, -0.2) is 41.5 Å². The van der Waals surface area contributed by atoms with Crippen LogP contribution in [0, 0.1) is 0 Å². The number of halogens is 1. The maximum atomic E-state index is 13.1. The highest BCUT2D eigenvalue weighted by Gasteiger charge is 2.35. The summed E-state index contributed by atoms with van der Waals surface area (Å²) in [5, 5.41) is 14.6. The van der Waals surface area contributed by atoms with E-state index >= 15 is 0 Å². The van der Waals surface area contributed by atoms with Gasteiger partial charge < -0.3 is 15.3 Å². The number of rotatable bonds is 7. The normalized spacial score (nSPS) is 15.2. The van der Waals surface area contributed by atoms with Gasteiger partial charge in [-0.3, -0.25) is 9.59 Å². The second-order valence-corrected chi connectivity index (χ2v) is 9.15. The van der Waals surface area contributed by atoms with Gasteiger partial charge >= 0.3 is 0 Å². The number of hydrogen-bond donors (Lipinski definition) is 2. The van der Waals surface area contributed by atoms with E-state index in [0.717, 1.165) is 16.7 Å². The van der Waals surface area contributed by atoms with E-state index in [1.807, 2.05) is 72.8 Å². The summed E-state index contributed by atoms with van der Waals surface area (Å²) in [5.74, 6) is -0.572. The van der Waals surface area contributed by atoms with Gasteiger partial charge in [0.15, 0.2) is 0 Å². The summed E-state index contributed by atoms with van der Waals surface area (Å²) in [5.41, 5.74) is 1.70. The molecule has 3 aromatic rings. The second-order valence-electron chi connectivity index (χ2n) is 8.71. The molecule has 0 unspecified atom stereocenters. The number of aliphatic hydroxyl groups is 1. The Balaban J connectivity index is 1.31. The molecule has 4 rings (SSSR count). The summed E-state index contributed by atoms with van der Waals surface area (Å²) in [7, 11) is 0. The van der Waals surface area contributed by atoms with Crippen molar-refractivity contribution >= 4 is 23.4 Å². The first-order valence-electron chi connectivity index (χ1n) is 11.6. The van der Waals surface area contributed by atoms with Crippen molar-refractivity contribution in [1.29, 1.82) is 0 Å². The van der Waals surface area contributed by atoms with Crippen molar-refractivity contribution in [3.8, 4) is 0 Å². The third-order valence-corrected chi connectivity index (χ3v) is 6.74. The Morgan fingerprint density at radius 3 is 1.94 bits per heavy atom. The molecule has 3 aromatic carbocycles. The van der Waals surface area contributed by atoms with Crippen LogP contribution in [0.3, 0.4) is 0 Å². The average Bonchev–Trinajstić information content (AvgIpc) is 2.86. The minimum atomic E-state index is -0.950. The van der Waals surface area contributed by atoms with Gasteiger partial charge in [0, 0.05) is 31.1 Å². The molecule has 0 aliphatic carbocycles. The lowest BCUT2D eigenvalue weighted by Gasteiger charge is -2.38. The third kappa shape index (κ3) is 5.66. The van der Waals surface area contributed by atoms with E-state index in [-0.39, 0.29) is 24.8 Å². The molecule has 2 amide bonds. The standard InChI is InChI=1S/C28H29ClN2O3/c29-24-13-11-23(12-14-24)28(34)16-19-31(20-17-28)25(32)15-18-30-27(33)26(21-7-3-1-4-8-21)22-9-5-2-6-10-22/h1-14,26,34H,15-20H2,(H,30,33). The van der Waals surface area contributed by atoms with Crippen molar-refractivity contribution in [2.24, 2.45) is 0 Å². The molecule has 1 aliphatic rings. The predicted molar refractivity (Wildman–Crippen MR) is 134 cm³/mol. The van der Waals surface area contributed by atoms with Crippen molar-refractivity contribution < 1.29 is 14.7 Å². The van der Waals surface area contributed by atoms with Gasteiger partial charge in [0.05, 0.1) is 11.5 Å². The van der Waals surface area contributed by atoms with Crippen molar-refractivity contribution in [1.82, 2.24) is 10.2 Å². The van der Waals surface area contributed by atoms with Crippen LogP contribution in [0.1, 0.15) is 41.9 Å². The molecule has 0 atom stereocenters. The van der Waals surface area contributed by atoms with E-state index in [0.29, 0.717) is 31.0 Å². The highest BCUT2D eigenvalue weighted by atomic mass is 35.5. The van der Waals surface area contributed by atoms with E-state index < -0.39 is 11.5 Å². The van der Waals surface area contributed by atoms with Crippen molar-refractivity contribution in [2.45, 2.75) is 30.8 Å². The van der Waals surface area contributed by atoms with Gasteiger partial charge in [0.1, 0.15) is 0 Å². The molecule has 1 fully saturated rings. The number of likely N-dealkylation sites (tertiary alicyclic amines) is 1. The SMILES string of the molecule is O=C(NCCC(=O)N1CCC(O)(c2ccc(Cl)cc2)CC1)C(c1ccccc1)c1ccccc1. The van der Waals surface area contributed by atoms with Gasteiger partial charge in [-0.2, -0.15) is 0 Å². The Bertz CT molecular complexity index is 1060. The van der Waals surface area contributed by atoms with Crippen LogP contribution in [0.5, 0.6) is 0 Å². The van der Waals surface area contributed by atoms with Crippen LogP contribution in [-0.2, 0) is 15.2 Å². The fourth-order valence-electron chi connectivity index (χ4n) is 4.51. The van der Waals surface area contributed by atoms with Crippen LogP contribution in [0.4, 0.5) is 0 Å². The number of nitrogens with one attached hydrogen (secondary N) is 1. The highest BCUT2D eigenvalue weighted by molar-refractivity contribution is 6.30. The first kappa shape index (κ1) is 24.0. The summed E-state index contributed by atoms with van der Waals surface area (Å²) >= 11 is 5.96.